The molecular formula is C12H12Cl2FN3O2S. The van der Waals surface area contributed by atoms with Crippen molar-refractivity contribution in [3.05, 3.63) is 45.4 Å². The van der Waals surface area contributed by atoms with Crippen LogP contribution < -0.4 is 4.72 Å². The van der Waals surface area contributed by atoms with Crippen LogP contribution in [0.3, 0.4) is 0 Å². The summed E-state index contributed by atoms with van der Waals surface area (Å²) in [7, 11) is -2.30. The number of nitrogens with one attached hydrogen (secondary N) is 1. The van der Waals surface area contributed by atoms with Crippen molar-refractivity contribution in [2.75, 3.05) is 0 Å². The molecule has 9 heteroatoms. The van der Waals surface area contributed by atoms with Crippen LogP contribution in [-0.4, -0.2) is 18.2 Å². The second-order valence-electron chi connectivity index (χ2n) is 4.39. The Kier molecular flexibility index (Phi) is 4.57. The van der Waals surface area contributed by atoms with Gasteiger partial charge in [0.05, 0.1) is 5.69 Å². The summed E-state index contributed by atoms with van der Waals surface area (Å²) in [5.41, 5.74) is 0.750. The Morgan fingerprint density at radius 1 is 1.38 bits per heavy atom. The Morgan fingerprint density at radius 3 is 2.57 bits per heavy atom. The van der Waals surface area contributed by atoms with Crippen LogP contribution in [0.5, 0.6) is 0 Å². The maximum Gasteiger partial charge on any atom is 0.245 e. The highest BCUT2D eigenvalue weighted by molar-refractivity contribution is 7.89. The van der Waals surface area contributed by atoms with Crippen molar-refractivity contribution in [2.24, 2.45) is 7.05 Å². The normalized spacial score (nSPS) is 11.9. The largest absolute Gasteiger partial charge is 0.255 e. The van der Waals surface area contributed by atoms with Gasteiger partial charge in [0.25, 0.3) is 0 Å². The third-order valence-corrected chi connectivity index (χ3v) is 5.28. The molecule has 1 aromatic heterocycles. The van der Waals surface area contributed by atoms with E-state index in [1.54, 1.807) is 14.0 Å². The van der Waals surface area contributed by atoms with Gasteiger partial charge in [-0.15, -0.1) is 0 Å². The summed E-state index contributed by atoms with van der Waals surface area (Å²) < 4.78 is 41.1. The predicted octanol–water partition coefficient (Wildman–Crippen LogP) is 2.65. The number of aryl methyl sites for hydroxylation is 2. The Balaban J connectivity index is 2.26. The minimum atomic E-state index is -3.84. The average Bonchev–Trinajstić information content (AvgIpc) is 2.62. The van der Waals surface area contributed by atoms with Crippen LogP contribution in [0.2, 0.25) is 10.2 Å². The molecule has 0 bridgehead atoms. The van der Waals surface area contributed by atoms with Gasteiger partial charge >= 0.3 is 0 Å². The second-order valence-corrected chi connectivity index (χ2v) is 6.86. The molecule has 0 spiro atoms. The van der Waals surface area contributed by atoms with Crippen LogP contribution >= 0.6 is 23.2 Å². The van der Waals surface area contributed by atoms with E-state index in [9.17, 15) is 12.8 Å². The van der Waals surface area contributed by atoms with Crippen molar-refractivity contribution in [3.63, 3.8) is 0 Å². The average molecular weight is 352 g/mol. The molecule has 0 fully saturated rings. The monoisotopic (exact) mass is 351 g/mol. The van der Waals surface area contributed by atoms with Gasteiger partial charge in [-0.05, 0) is 24.6 Å². The lowest BCUT2D eigenvalue weighted by Gasteiger charge is -2.08. The SMILES string of the molecule is Cc1nn(C)c(Cl)c1S(=O)(=O)NCc1ccc(F)cc1Cl. The lowest BCUT2D eigenvalue weighted by atomic mass is 10.2. The Morgan fingerprint density at radius 2 is 2.05 bits per heavy atom. The highest BCUT2D eigenvalue weighted by Gasteiger charge is 2.25. The quantitative estimate of drug-likeness (QED) is 0.920. The van der Waals surface area contributed by atoms with Gasteiger partial charge in [-0.1, -0.05) is 29.3 Å². The van der Waals surface area contributed by atoms with Gasteiger partial charge in [0, 0.05) is 18.6 Å². The van der Waals surface area contributed by atoms with Crippen molar-refractivity contribution in [3.8, 4) is 0 Å². The van der Waals surface area contributed by atoms with Crippen molar-refractivity contribution in [1.82, 2.24) is 14.5 Å². The number of halogens is 3. The zero-order valence-corrected chi connectivity index (χ0v) is 13.5. The molecule has 1 N–H and O–H groups in total. The molecule has 0 radical (unpaired) electrons. The predicted molar refractivity (Wildman–Crippen MR) is 78.4 cm³/mol. The molecule has 0 atom stereocenters. The molecule has 2 rings (SSSR count). The molecule has 0 amide bonds. The van der Waals surface area contributed by atoms with E-state index in [4.69, 9.17) is 23.2 Å². The fourth-order valence-electron chi connectivity index (χ4n) is 1.83. The van der Waals surface area contributed by atoms with Crippen molar-refractivity contribution in [1.29, 1.82) is 0 Å². The van der Waals surface area contributed by atoms with Gasteiger partial charge in [0.1, 0.15) is 15.9 Å². The molecule has 5 nitrogen and oxygen atoms in total. The van der Waals surface area contributed by atoms with Crippen LogP contribution in [-0.2, 0) is 23.6 Å². The molecule has 21 heavy (non-hydrogen) atoms. The van der Waals surface area contributed by atoms with Gasteiger partial charge in [-0.25, -0.2) is 17.5 Å². The number of nitrogens with zero attached hydrogens (tertiary/aromatic N) is 2. The van der Waals surface area contributed by atoms with E-state index >= 15 is 0 Å². The second kappa shape index (κ2) is 5.92. The maximum atomic E-state index is 12.9. The topological polar surface area (TPSA) is 64.0 Å². The van der Waals surface area contributed by atoms with Crippen LogP contribution in [0.15, 0.2) is 23.1 Å². The molecule has 0 aliphatic heterocycles. The van der Waals surface area contributed by atoms with Crippen molar-refractivity contribution in [2.45, 2.75) is 18.4 Å². The number of hydrogen-bond donors (Lipinski definition) is 1. The first-order chi connectivity index (χ1) is 9.72. The number of aromatic nitrogens is 2. The van der Waals surface area contributed by atoms with Gasteiger partial charge in [-0.2, -0.15) is 5.10 Å². The summed E-state index contributed by atoms with van der Waals surface area (Å²) in [5, 5.41) is 4.11. The summed E-state index contributed by atoms with van der Waals surface area (Å²) >= 11 is 11.8. The fraction of sp³-hybridized carbons (Fsp3) is 0.250. The van der Waals surface area contributed by atoms with Gasteiger partial charge in [-0.3, -0.25) is 4.68 Å². The highest BCUT2D eigenvalue weighted by atomic mass is 35.5. The summed E-state index contributed by atoms with van der Waals surface area (Å²) in [6.07, 6.45) is 0. The minimum Gasteiger partial charge on any atom is -0.255 e. The molecular weight excluding hydrogens is 340 g/mol. The van der Waals surface area contributed by atoms with E-state index in [2.05, 4.69) is 9.82 Å². The van der Waals surface area contributed by atoms with E-state index in [1.807, 2.05) is 0 Å². The van der Waals surface area contributed by atoms with E-state index < -0.39 is 15.8 Å². The summed E-state index contributed by atoms with van der Waals surface area (Å²) in [4.78, 5) is -0.0788. The number of benzene rings is 1. The van der Waals surface area contributed by atoms with Crippen LogP contribution in [0.25, 0.3) is 0 Å². The van der Waals surface area contributed by atoms with Crippen LogP contribution in [0.1, 0.15) is 11.3 Å². The molecule has 0 aliphatic carbocycles. The van der Waals surface area contributed by atoms with Gasteiger partial charge in [0.15, 0.2) is 0 Å². The van der Waals surface area contributed by atoms with E-state index in [0.29, 0.717) is 11.3 Å². The summed E-state index contributed by atoms with van der Waals surface area (Å²) in [6.45, 7) is 1.47. The maximum absolute atomic E-state index is 12.9. The first-order valence-electron chi connectivity index (χ1n) is 5.85. The highest BCUT2D eigenvalue weighted by Crippen LogP contribution is 2.24. The standard InChI is InChI=1S/C12H12Cl2FN3O2S/c1-7-11(12(14)18(2)17-7)21(19,20)16-6-8-3-4-9(15)5-10(8)13/h3-5,16H,6H2,1-2H3. The Labute approximate surface area is 131 Å². The van der Waals surface area contributed by atoms with Gasteiger partial charge in [0.2, 0.25) is 10.0 Å². The molecule has 0 aliphatic rings. The third kappa shape index (κ3) is 3.37. The summed E-state index contributed by atoms with van der Waals surface area (Å²) in [5.74, 6) is -0.488. The van der Waals surface area contributed by atoms with Crippen molar-refractivity contribution >= 4 is 33.2 Å². The molecule has 0 saturated carbocycles. The first kappa shape index (κ1) is 16.2. The van der Waals surface area contributed by atoms with Crippen molar-refractivity contribution < 1.29 is 12.8 Å². The van der Waals surface area contributed by atoms with E-state index in [1.165, 1.54) is 16.8 Å². The smallest absolute Gasteiger partial charge is 0.245 e. The summed E-state index contributed by atoms with van der Waals surface area (Å²) in [6, 6.07) is 3.74. The lowest BCUT2D eigenvalue weighted by molar-refractivity contribution is 0.580. The first-order valence-corrected chi connectivity index (χ1v) is 8.09. The lowest BCUT2D eigenvalue weighted by Crippen LogP contribution is -2.24. The zero-order valence-electron chi connectivity index (χ0n) is 11.2. The third-order valence-electron chi connectivity index (χ3n) is 2.84. The minimum absolute atomic E-state index is 0.0187. The molecule has 1 aromatic carbocycles. The number of sulfonamides is 1. The fourth-order valence-corrected chi connectivity index (χ4v) is 3.81. The molecule has 0 unspecified atom stereocenters. The molecule has 0 saturated heterocycles. The molecule has 1 heterocycles. The Hall–Kier alpha value is -1.15. The number of hydrogen-bond acceptors (Lipinski definition) is 3. The number of rotatable bonds is 4. The Bertz CT molecular complexity index is 790. The molecule has 2 aromatic rings. The van der Waals surface area contributed by atoms with E-state index in [0.717, 1.165) is 6.07 Å². The van der Waals surface area contributed by atoms with Gasteiger partial charge < -0.3 is 0 Å². The van der Waals surface area contributed by atoms with Crippen LogP contribution in [0.4, 0.5) is 4.39 Å². The van der Waals surface area contributed by atoms with Crippen LogP contribution in [0, 0.1) is 12.7 Å². The molecule has 114 valence electrons. The zero-order chi connectivity index (χ0) is 15.8. The van der Waals surface area contributed by atoms with E-state index in [-0.39, 0.29) is 21.6 Å².